The van der Waals surface area contributed by atoms with Crippen LogP contribution >= 0.6 is 0 Å². The topological polar surface area (TPSA) is 41.7 Å². The summed E-state index contributed by atoms with van der Waals surface area (Å²) in [4.78, 5) is 12.2. The lowest BCUT2D eigenvalue weighted by molar-refractivity contribution is -0.131. The molecule has 0 aliphatic carbocycles. The van der Waals surface area contributed by atoms with Gasteiger partial charge in [0.15, 0.2) is 6.20 Å². The predicted molar refractivity (Wildman–Crippen MR) is 23.4 cm³/mol. The van der Waals surface area contributed by atoms with Crippen molar-refractivity contribution in [2.45, 2.75) is 0 Å². The van der Waals surface area contributed by atoms with Gasteiger partial charge in [-0.1, -0.05) is 0 Å². The first-order valence-corrected chi connectivity index (χ1v) is 1.53. The highest BCUT2D eigenvalue weighted by atomic mass is 16.4. The maximum absolute atomic E-state index is 9.53. The van der Waals surface area contributed by atoms with Gasteiger partial charge in [0, 0.05) is 6.08 Å². The van der Waals surface area contributed by atoms with Gasteiger partial charge >= 0.3 is 5.97 Å². The molecule has 0 radical (unpaired) electrons. The first kappa shape index (κ1) is 5.70. The molecule has 0 unspecified atom stereocenters. The lowest BCUT2D eigenvalue weighted by Gasteiger charge is -1.68. The molecule has 7 heavy (non-hydrogen) atoms. The van der Waals surface area contributed by atoms with E-state index in [0.29, 0.717) is 0 Å². The second-order valence-electron chi connectivity index (χ2n) is 0.783. The van der Waals surface area contributed by atoms with Gasteiger partial charge in [-0.15, -0.1) is 0 Å². The molecule has 36 valence electrons. The van der Waals surface area contributed by atoms with E-state index in [1.54, 1.807) is 0 Å². The molecule has 0 saturated heterocycles. The summed E-state index contributed by atoms with van der Waals surface area (Å²) in [6, 6.07) is 0. The summed E-state index contributed by atoms with van der Waals surface area (Å²) in [5.41, 5.74) is 0. The average molecular weight is 97.1 g/mol. The number of hydrogen-bond donors (Lipinski definition) is 1. The third-order valence-electron chi connectivity index (χ3n) is 0.292. The van der Waals surface area contributed by atoms with E-state index in [2.05, 4.69) is 4.85 Å². The summed E-state index contributed by atoms with van der Waals surface area (Å²) in [7, 11) is 0. The first-order chi connectivity index (χ1) is 3.27. The molecule has 0 aliphatic rings. The molecule has 0 amide bonds. The highest BCUT2D eigenvalue weighted by Gasteiger charge is 1.78. The summed E-state index contributed by atoms with van der Waals surface area (Å²) in [6.45, 7) is 6.07. The van der Waals surface area contributed by atoms with Gasteiger partial charge in [-0.05, 0) is 0 Å². The van der Waals surface area contributed by atoms with Crippen molar-refractivity contribution in [2.75, 3.05) is 0 Å². The molecule has 3 heteroatoms. The number of carboxylic acids is 1. The van der Waals surface area contributed by atoms with Crippen LogP contribution in [0.3, 0.4) is 0 Å². The maximum Gasteiger partial charge on any atom is 0.317 e. The average Bonchev–Trinajstić information content (AvgIpc) is 1.61. The Labute approximate surface area is 40.7 Å². The van der Waals surface area contributed by atoms with Crippen molar-refractivity contribution in [1.29, 1.82) is 0 Å². The van der Waals surface area contributed by atoms with Crippen LogP contribution in [0.4, 0.5) is 0 Å². The monoisotopic (exact) mass is 97.0 g/mol. The van der Waals surface area contributed by atoms with Gasteiger partial charge in [0.1, 0.15) is 0 Å². The number of carboxylic acid groups (broad SMARTS) is 1. The zero-order valence-electron chi connectivity index (χ0n) is 3.46. The van der Waals surface area contributed by atoms with Crippen molar-refractivity contribution in [3.63, 3.8) is 0 Å². The summed E-state index contributed by atoms with van der Waals surface area (Å²) in [5.74, 6) is -1.09. The van der Waals surface area contributed by atoms with Crippen LogP contribution < -0.4 is 0 Å². The SMILES string of the molecule is [C-]#[N+]C=CC(=O)O. The van der Waals surface area contributed by atoms with Crippen LogP contribution in [-0.2, 0) is 4.79 Å². The minimum Gasteiger partial charge on any atom is -0.479 e. The minimum atomic E-state index is -1.09. The molecule has 1 N–H and O–H groups in total. The third-order valence-corrected chi connectivity index (χ3v) is 0.292. The Morgan fingerprint density at radius 1 is 1.86 bits per heavy atom. The van der Waals surface area contributed by atoms with E-state index in [1.807, 2.05) is 0 Å². The van der Waals surface area contributed by atoms with Crippen molar-refractivity contribution < 1.29 is 9.90 Å². The van der Waals surface area contributed by atoms with Gasteiger partial charge in [0.25, 0.3) is 0 Å². The molecule has 0 aromatic carbocycles. The molecular formula is C4H3NO2. The van der Waals surface area contributed by atoms with Gasteiger partial charge in [-0.3, -0.25) is 0 Å². The fourth-order valence-electron chi connectivity index (χ4n) is 0.101. The Hall–Kier alpha value is -1.30. The van der Waals surface area contributed by atoms with Crippen LogP contribution in [-0.4, -0.2) is 11.1 Å². The minimum absolute atomic E-state index is 0.785. The van der Waals surface area contributed by atoms with Crippen molar-refractivity contribution in [3.05, 3.63) is 23.7 Å². The van der Waals surface area contributed by atoms with Crippen LogP contribution in [0.2, 0.25) is 0 Å². The Balaban J connectivity index is 3.53. The fraction of sp³-hybridized carbons (Fsp3) is 0. The molecule has 0 atom stereocenters. The van der Waals surface area contributed by atoms with Crippen LogP contribution in [0.1, 0.15) is 0 Å². The first-order valence-electron chi connectivity index (χ1n) is 1.53. The molecule has 0 aromatic heterocycles. The highest BCUT2D eigenvalue weighted by Crippen LogP contribution is 1.70. The van der Waals surface area contributed by atoms with Gasteiger partial charge in [0.2, 0.25) is 0 Å². The molecule has 0 fully saturated rings. The molecular weight excluding hydrogens is 94.0 g/mol. The second-order valence-corrected chi connectivity index (χ2v) is 0.783. The Morgan fingerprint density at radius 3 is 2.57 bits per heavy atom. The van der Waals surface area contributed by atoms with Crippen molar-refractivity contribution in [2.24, 2.45) is 0 Å². The zero-order chi connectivity index (χ0) is 5.70. The number of rotatable bonds is 1. The Bertz CT molecular complexity index is 131. The van der Waals surface area contributed by atoms with Crippen molar-refractivity contribution >= 4 is 5.97 Å². The van der Waals surface area contributed by atoms with Crippen LogP contribution in [0.5, 0.6) is 0 Å². The number of hydrogen-bond acceptors (Lipinski definition) is 1. The van der Waals surface area contributed by atoms with E-state index < -0.39 is 5.97 Å². The largest absolute Gasteiger partial charge is 0.479 e. The fourth-order valence-corrected chi connectivity index (χ4v) is 0.101. The summed E-state index contributed by atoms with van der Waals surface area (Å²) in [5, 5.41) is 7.81. The van der Waals surface area contributed by atoms with E-state index >= 15 is 0 Å². The zero-order valence-corrected chi connectivity index (χ0v) is 3.46. The molecule has 0 aromatic rings. The molecule has 0 rings (SSSR count). The second kappa shape index (κ2) is 2.91. The molecule has 0 heterocycles. The van der Waals surface area contributed by atoms with Crippen molar-refractivity contribution in [1.82, 2.24) is 0 Å². The molecule has 0 aliphatic heterocycles. The lowest BCUT2D eigenvalue weighted by atomic mass is 10.6. The van der Waals surface area contributed by atoms with Crippen LogP contribution in [0.25, 0.3) is 4.85 Å². The summed E-state index contributed by atoms with van der Waals surface area (Å²) < 4.78 is 0. The summed E-state index contributed by atoms with van der Waals surface area (Å²) >= 11 is 0. The maximum atomic E-state index is 9.53. The van der Waals surface area contributed by atoms with Crippen LogP contribution in [0.15, 0.2) is 12.3 Å². The quantitative estimate of drug-likeness (QED) is 0.382. The molecule has 0 saturated carbocycles. The van der Waals surface area contributed by atoms with E-state index in [-0.39, 0.29) is 0 Å². The number of carbonyl (C=O) groups is 1. The summed E-state index contributed by atoms with van der Waals surface area (Å²) in [6.07, 6.45) is 1.68. The Morgan fingerprint density at radius 2 is 2.43 bits per heavy atom. The lowest BCUT2D eigenvalue weighted by Crippen LogP contribution is -1.83. The standard InChI is InChI=1S/C4H3NO2/c1-5-3-2-4(6)7/h2-3H,(H,6,7). The Kier molecular flexibility index (Phi) is 2.37. The van der Waals surface area contributed by atoms with Gasteiger partial charge in [0.05, 0.1) is 6.57 Å². The molecule has 3 nitrogen and oxygen atoms in total. The van der Waals surface area contributed by atoms with E-state index in [1.165, 1.54) is 0 Å². The van der Waals surface area contributed by atoms with Gasteiger partial charge < -0.3 is 5.11 Å². The highest BCUT2D eigenvalue weighted by molar-refractivity contribution is 5.79. The van der Waals surface area contributed by atoms with Gasteiger partial charge in [-0.25, -0.2) is 9.64 Å². The van der Waals surface area contributed by atoms with E-state index in [9.17, 15) is 4.79 Å². The predicted octanol–water partition coefficient (Wildman–Crippen LogP) is 0.504. The smallest absolute Gasteiger partial charge is 0.317 e. The van der Waals surface area contributed by atoms with E-state index in [0.717, 1.165) is 12.3 Å². The third kappa shape index (κ3) is 4.70. The van der Waals surface area contributed by atoms with Gasteiger partial charge in [-0.2, -0.15) is 0 Å². The molecule has 0 bridgehead atoms. The number of aliphatic carboxylic acids is 1. The van der Waals surface area contributed by atoms with Crippen molar-refractivity contribution in [3.8, 4) is 0 Å². The van der Waals surface area contributed by atoms with E-state index in [4.69, 9.17) is 11.7 Å². The molecule has 0 spiro atoms. The number of nitrogens with zero attached hydrogens (tertiary/aromatic N) is 1. The normalized spacial score (nSPS) is 8.43. The van der Waals surface area contributed by atoms with Crippen LogP contribution in [0, 0.1) is 6.57 Å².